The third-order valence-corrected chi connectivity index (χ3v) is 3.74. The third-order valence-electron chi connectivity index (χ3n) is 3.74. The predicted octanol–water partition coefficient (Wildman–Crippen LogP) is 1.98. The van der Waals surface area contributed by atoms with E-state index in [0.29, 0.717) is 12.2 Å². The van der Waals surface area contributed by atoms with Crippen LogP contribution in [0.1, 0.15) is 34.1 Å². The van der Waals surface area contributed by atoms with Gasteiger partial charge < -0.3 is 10.1 Å². The van der Waals surface area contributed by atoms with Crippen molar-refractivity contribution < 1.29 is 9.53 Å². The molecule has 104 valence electrons. The van der Waals surface area contributed by atoms with Gasteiger partial charge in [-0.2, -0.15) is 5.10 Å². The van der Waals surface area contributed by atoms with Crippen molar-refractivity contribution in [1.29, 1.82) is 0 Å². The molecule has 1 aliphatic heterocycles. The summed E-state index contributed by atoms with van der Waals surface area (Å²) >= 11 is 0. The normalized spacial score (nSPS) is 17.2. The molecule has 1 aromatic heterocycles. The molecule has 5 heteroatoms. The van der Waals surface area contributed by atoms with E-state index < -0.39 is 0 Å². The average Bonchev–Trinajstić information content (AvgIpc) is 2.79. The maximum absolute atomic E-state index is 12.4. The van der Waals surface area contributed by atoms with Crippen LogP contribution in [0.25, 0.3) is 0 Å². The number of hydrogen-bond donors (Lipinski definition) is 1. The van der Waals surface area contributed by atoms with Gasteiger partial charge in [-0.05, 0) is 13.0 Å². The van der Waals surface area contributed by atoms with Crippen LogP contribution in [0.5, 0.6) is 5.75 Å². The van der Waals surface area contributed by atoms with Crippen LogP contribution in [-0.4, -0.2) is 22.3 Å². The fourth-order valence-corrected chi connectivity index (χ4v) is 2.45. The van der Waals surface area contributed by atoms with Gasteiger partial charge >= 0.3 is 0 Å². The lowest BCUT2D eigenvalue weighted by Crippen LogP contribution is -2.32. The number of fused-ring (bicyclic) bond motifs is 1. The summed E-state index contributed by atoms with van der Waals surface area (Å²) in [6.07, 6.45) is 2.39. The van der Waals surface area contributed by atoms with Crippen LogP contribution < -0.4 is 10.1 Å². The number of ether oxygens (including phenoxy) is 1. The summed E-state index contributed by atoms with van der Waals surface area (Å²) < 4.78 is 7.30. The van der Waals surface area contributed by atoms with Gasteiger partial charge in [0.05, 0.1) is 24.4 Å². The molecule has 2 heterocycles. The molecule has 1 unspecified atom stereocenters. The number of amides is 1. The van der Waals surface area contributed by atoms with Crippen molar-refractivity contribution in [2.24, 2.45) is 7.05 Å². The highest BCUT2D eigenvalue weighted by Gasteiger charge is 2.24. The Balaban J connectivity index is 1.82. The van der Waals surface area contributed by atoms with Crippen molar-refractivity contribution in [3.8, 4) is 5.75 Å². The third kappa shape index (κ3) is 2.15. The molecule has 3 rings (SSSR count). The highest BCUT2D eigenvalue weighted by Crippen LogP contribution is 2.31. The largest absolute Gasteiger partial charge is 0.493 e. The van der Waals surface area contributed by atoms with E-state index >= 15 is 0 Å². The number of rotatable bonds is 2. The van der Waals surface area contributed by atoms with Crippen molar-refractivity contribution >= 4 is 5.91 Å². The van der Waals surface area contributed by atoms with Crippen LogP contribution in [0.15, 0.2) is 30.5 Å². The number of carbonyl (C=O) groups is 1. The number of nitrogens with one attached hydrogen (secondary N) is 1. The second-order valence-corrected chi connectivity index (χ2v) is 4.97. The Bertz CT molecular complexity index is 648. The first kappa shape index (κ1) is 12.7. The van der Waals surface area contributed by atoms with E-state index in [9.17, 15) is 4.79 Å². The lowest BCUT2D eigenvalue weighted by molar-refractivity contribution is 0.0924. The monoisotopic (exact) mass is 271 g/mol. The summed E-state index contributed by atoms with van der Waals surface area (Å²) in [4.78, 5) is 12.4. The molecule has 0 saturated carbocycles. The zero-order valence-corrected chi connectivity index (χ0v) is 11.6. The Kier molecular flexibility index (Phi) is 3.18. The lowest BCUT2D eigenvalue weighted by Gasteiger charge is -2.26. The number of aryl methyl sites for hydroxylation is 1. The Labute approximate surface area is 117 Å². The molecule has 0 aliphatic carbocycles. The fourth-order valence-electron chi connectivity index (χ4n) is 2.45. The van der Waals surface area contributed by atoms with Crippen LogP contribution in [0.2, 0.25) is 0 Å². The van der Waals surface area contributed by atoms with Crippen molar-refractivity contribution in [2.45, 2.75) is 19.4 Å². The maximum Gasteiger partial charge on any atom is 0.255 e. The Morgan fingerprint density at radius 3 is 3.00 bits per heavy atom. The highest BCUT2D eigenvalue weighted by atomic mass is 16.5. The topological polar surface area (TPSA) is 56.1 Å². The molecule has 1 aliphatic rings. The predicted molar refractivity (Wildman–Crippen MR) is 74.7 cm³/mol. The number of carbonyl (C=O) groups excluding carboxylic acids is 1. The van der Waals surface area contributed by atoms with Crippen molar-refractivity contribution in [2.75, 3.05) is 6.61 Å². The minimum absolute atomic E-state index is 0.00736. The second-order valence-electron chi connectivity index (χ2n) is 4.97. The van der Waals surface area contributed by atoms with E-state index in [-0.39, 0.29) is 11.9 Å². The SMILES string of the molecule is Cc1c(C(=O)NC2CCOc3ccccc32)cnn1C. The van der Waals surface area contributed by atoms with Gasteiger partial charge in [-0.3, -0.25) is 9.48 Å². The average molecular weight is 271 g/mol. The number of nitrogens with zero attached hydrogens (tertiary/aromatic N) is 2. The zero-order valence-electron chi connectivity index (χ0n) is 11.6. The van der Waals surface area contributed by atoms with Gasteiger partial charge in [0.15, 0.2) is 0 Å². The van der Waals surface area contributed by atoms with Crippen LogP contribution in [0.4, 0.5) is 0 Å². The number of hydrogen-bond acceptors (Lipinski definition) is 3. The summed E-state index contributed by atoms with van der Waals surface area (Å²) in [7, 11) is 1.83. The number of benzene rings is 1. The summed E-state index contributed by atoms with van der Waals surface area (Å²) in [5.41, 5.74) is 2.52. The lowest BCUT2D eigenvalue weighted by atomic mass is 10.0. The maximum atomic E-state index is 12.4. The molecule has 0 saturated heterocycles. The van der Waals surface area contributed by atoms with Gasteiger partial charge in [-0.15, -0.1) is 0 Å². The van der Waals surface area contributed by atoms with E-state index in [1.54, 1.807) is 10.9 Å². The number of para-hydroxylation sites is 1. The summed E-state index contributed by atoms with van der Waals surface area (Å²) in [6.45, 7) is 2.51. The summed E-state index contributed by atoms with van der Waals surface area (Å²) in [6, 6.07) is 7.82. The van der Waals surface area contributed by atoms with Crippen LogP contribution >= 0.6 is 0 Å². The number of aromatic nitrogens is 2. The van der Waals surface area contributed by atoms with E-state index in [4.69, 9.17) is 4.74 Å². The Morgan fingerprint density at radius 2 is 2.25 bits per heavy atom. The standard InChI is InChI=1S/C15H17N3O2/c1-10-12(9-16-18(10)2)15(19)17-13-7-8-20-14-6-4-3-5-11(13)14/h3-6,9,13H,7-8H2,1-2H3,(H,17,19). The first-order valence-electron chi connectivity index (χ1n) is 6.68. The first-order chi connectivity index (χ1) is 9.66. The molecule has 0 fully saturated rings. The van der Waals surface area contributed by atoms with E-state index in [1.807, 2.05) is 38.2 Å². The molecule has 0 bridgehead atoms. The molecule has 1 atom stereocenters. The molecular formula is C15H17N3O2. The van der Waals surface area contributed by atoms with Crippen LogP contribution in [0, 0.1) is 6.92 Å². The van der Waals surface area contributed by atoms with Crippen molar-refractivity contribution in [3.63, 3.8) is 0 Å². The summed E-state index contributed by atoms with van der Waals surface area (Å²) in [5.74, 6) is 0.768. The second kappa shape index (κ2) is 5.00. The Morgan fingerprint density at radius 1 is 1.45 bits per heavy atom. The molecule has 0 radical (unpaired) electrons. The Hall–Kier alpha value is -2.30. The molecule has 5 nitrogen and oxygen atoms in total. The van der Waals surface area contributed by atoms with Crippen LogP contribution in [-0.2, 0) is 7.05 Å². The molecular weight excluding hydrogens is 254 g/mol. The van der Waals surface area contributed by atoms with Gasteiger partial charge in [0, 0.05) is 24.7 Å². The van der Waals surface area contributed by atoms with Gasteiger partial charge in [0.1, 0.15) is 5.75 Å². The quantitative estimate of drug-likeness (QED) is 0.908. The zero-order chi connectivity index (χ0) is 14.1. The smallest absolute Gasteiger partial charge is 0.255 e. The van der Waals surface area contributed by atoms with E-state index in [0.717, 1.165) is 23.4 Å². The fraction of sp³-hybridized carbons (Fsp3) is 0.333. The molecule has 20 heavy (non-hydrogen) atoms. The van der Waals surface area contributed by atoms with Gasteiger partial charge in [0.2, 0.25) is 0 Å². The van der Waals surface area contributed by atoms with Gasteiger partial charge in [-0.25, -0.2) is 0 Å². The molecule has 1 amide bonds. The van der Waals surface area contributed by atoms with Crippen molar-refractivity contribution in [3.05, 3.63) is 47.3 Å². The molecule has 2 aromatic rings. The van der Waals surface area contributed by atoms with Crippen LogP contribution in [0.3, 0.4) is 0 Å². The molecule has 1 N–H and O–H groups in total. The molecule has 0 spiro atoms. The molecule has 1 aromatic carbocycles. The summed E-state index contributed by atoms with van der Waals surface area (Å²) in [5, 5.41) is 7.18. The van der Waals surface area contributed by atoms with E-state index in [2.05, 4.69) is 10.4 Å². The van der Waals surface area contributed by atoms with Gasteiger partial charge in [0.25, 0.3) is 5.91 Å². The minimum Gasteiger partial charge on any atom is -0.493 e. The minimum atomic E-state index is -0.0858. The highest BCUT2D eigenvalue weighted by molar-refractivity contribution is 5.95. The van der Waals surface area contributed by atoms with Gasteiger partial charge in [-0.1, -0.05) is 18.2 Å². The first-order valence-corrected chi connectivity index (χ1v) is 6.68. The van der Waals surface area contributed by atoms with Crippen molar-refractivity contribution in [1.82, 2.24) is 15.1 Å². The van der Waals surface area contributed by atoms with E-state index in [1.165, 1.54) is 0 Å².